The van der Waals surface area contributed by atoms with Gasteiger partial charge in [-0.05, 0) is 10.8 Å². The Kier molecular flexibility index (Phi) is 4.43. The summed E-state index contributed by atoms with van der Waals surface area (Å²) < 4.78 is 5.05. The Bertz CT molecular complexity index is 166. The maximum absolute atomic E-state index is 11.2. The second-order valence-corrected chi connectivity index (χ2v) is 6.05. The SMILES string of the molecule is CC(C)(C)CNC(=O)OCC(C)(C)C. The molecule has 1 amide bonds. The fraction of sp³-hybridized carbons (Fsp3) is 0.909. The molecule has 0 fully saturated rings. The first-order valence-corrected chi connectivity index (χ1v) is 5.01. The standard InChI is InChI=1S/C11H23NO2/c1-10(2,3)7-12-9(13)14-8-11(4,5)6/h7-8H2,1-6H3,(H,12,13). The van der Waals surface area contributed by atoms with Gasteiger partial charge in [-0.2, -0.15) is 0 Å². The Labute approximate surface area is 87.2 Å². The van der Waals surface area contributed by atoms with E-state index in [1.807, 2.05) is 20.8 Å². The van der Waals surface area contributed by atoms with E-state index in [0.29, 0.717) is 13.2 Å². The fourth-order valence-corrected chi connectivity index (χ4v) is 0.670. The van der Waals surface area contributed by atoms with Crippen molar-refractivity contribution in [3.05, 3.63) is 0 Å². The summed E-state index contributed by atoms with van der Waals surface area (Å²) in [4.78, 5) is 11.2. The normalized spacial score (nSPS) is 12.4. The first-order valence-electron chi connectivity index (χ1n) is 5.01. The molecule has 0 aliphatic heterocycles. The lowest BCUT2D eigenvalue weighted by molar-refractivity contribution is 0.104. The molecule has 0 aromatic carbocycles. The van der Waals surface area contributed by atoms with Crippen molar-refractivity contribution in [3.8, 4) is 0 Å². The van der Waals surface area contributed by atoms with Crippen LogP contribution >= 0.6 is 0 Å². The lowest BCUT2D eigenvalue weighted by Gasteiger charge is -2.21. The van der Waals surface area contributed by atoms with E-state index >= 15 is 0 Å². The van der Waals surface area contributed by atoms with Crippen molar-refractivity contribution in [2.24, 2.45) is 10.8 Å². The molecule has 0 unspecified atom stereocenters. The molecule has 0 radical (unpaired) electrons. The van der Waals surface area contributed by atoms with Crippen molar-refractivity contribution in [3.63, 3.8) is 0 Å². The zero-order valence-electron chi connectivity index (χ0n) is 10.2. The Morgan fingerprint density at radius 2 is 1.57 bits per heavy atom. The summed E-state index contributed by atoms with van der Waals surface area (Å²) in [7, 11) is 0. The van der Waals surface area contributed by atoms with Crippen LogP contribution in [0.15, 0.2) is 0 Å². The largest absolute Gasteiger partial charge is 0.449 e. The average molecular weight is 201 g/mol. The summed E-state index contributed by atoms with van der Waals surface area (Å²) in [6.07, 6.45) is -0.324. The highest BCUT2D eigenvalue weighted by molar-refractivity contribution is 5.67. The van der Waals surface area contributed by atoms with Crippen LogP contribution in [0, 0.1) is 10.8 Å². The number of carbonyl (C=O) groups excluding carboxylic acids is 1. The van der Waals surface area contributed by atoms with Gasteiger partial charge in [-0.25, -0.2) is 4.79 Å². The van der Waals surface area contributed by atoms with Gasteiger partial charge in [-0.3, -0.25) is 0 Å². The Morgan fingerprint density at radius 1 is 1.07 bits per heavy atom. The highest BCUT2D eigenvalue weighted by Gasteiger charge is 2.15. The second-order valence-electron chi connectivity index (χ2n) is 6.05. The van der Waals surface area contributed by atoms with Gasteiger partial charge in [0.1, 0.15) is 0 Å². The molecule has 0 aromatic heterocycles. The van der Waals surface area contributed by atoms with Crippen LogP contribution in [-0.4, -0.2) is 19.2 Å². The fourth-order valence-electron chi connectivity index (χ4n) is 0.670. The number of nitrogens with one attached hydrogen (secondary N) is 1. The quantitative estimate of drug-likeness (QED) is 0.746. The van der Waals surface area contributed by atoms with Gasteiger partial charge in [0.25, 0.3) is 0 Å². The van der Waals surface area contributed by atoms with Crippen molar-refractivity contribution in [1.29, 1.82) is 0 Å². The van der Waals surface area contributed by atoms with Crippen molar-refractivity contribution in [1.82, 2.24) is 5.32 Å². The van der Waals surface area contributed by atoms with Gasteiger partial charge in [0, 0.05) is 6.54 Å². The van der Waals surface area contributed by atoms with Crippen LogP contribution in [0.3, 0.4) is 0 Å². The molecule has 0 aliphatic rings. The molecule has 3 heteroatoms. The maximum atomic E-state index is 11.2. The molecule has 0 aromatic rings. The summed E-state index contributed by atoms with van der Waals surface area (Å²) in [5, 5.41) is 2.73. The van der Waals surface area contributed by atoms with E-state index in [-0.39, 0.29) is 16.9 Å². The molecule has 0 aliphatic carbocycles. The summed E-state index contributed by atoms with van der Waals surface area (Å²) >= 11 is 0. The highest BCUT2D eigenvalue weighted by atomic mass is 16.5. The Balaban J connectivity index is 3.68. The number of hydrogen-bond acceptors (Lipinski definition) is 2. The van der Waals surface area contributed by atoms with Crippen LogP contribution in [-0.2, 0) is 4.74 Å². The van der Waals surface area contributed by atoms with E-state index in [4.69, 9.17) is 4.74 Å². The molecule has 3 nitrogen and oxygen atoms in total. The van der Waals surface area contributed by atoms with E-state index in [1.165, 1.54) is 0 Å². The van der Waals surface area contributed by atoms with E-state index < -0.39 is 0 Å². The molecule has 84 valence electrons. The Hall–Kier alpha value is -0.730. The second kappa shape index (κ2) is 4.67. The summed E-state index contributed by atoms with van der Waals surface area (Å²) in [5.74, 6) is 0. The highest BCUT2D eigenvalue weighted by Crippen LogP contribution is 2.13. The van der Waals surface area contributed by atoms with Gasteiger partial charge in [-0.15, -0.1) is 0 Å². The van der Waals surface area contributed by atoms with Gasteiger partial charge in [-0.1, -0.05) is 41.5 Å². The van der Waals surface area contributed by atoms with E-state index in [9.17, 15) is 4.79 Å². The van der Waals surface area contributed by atoms with Crippen LogP contribution < -0.4 is 5.32 Å². The molecule has 0 atom stereocenters. The number of rotatable bonds is 2. The third-order valence-electron chi connectivity index (χ3n) is 1.40. The van der Waals surface area contributed by atoms with E-state index in [0.717, 1.165) is 0 Å². The summed E-state index contributed by atoms with van der Waals surface area (Å²) in [6.45, 7) is 13.4. The number of ether oxygens (including phenoxy) is 1. The predicted octanol–water partition coefficient (Wildman–Crippen LogP) is 2.80. The molecular formula is C11H23NO2. The maximum Gasteiger partial charge on any atom is 0.407 e. The van der Waals surface area contributed by atoms with Gasteiger partial charge in [0.15, 0.2) is 0 Å². The molecular weight excluding hydrogens is 178 g/mol. The number of hydrogen-bond donors (Lipinski definition) is 1. The summed E-state index contributed by atoms with van der Waals surface area (Å²) in [5.41, 5.74) is 0.125. The third-order valence-corrected chi connectivity index (χ3v) is 1.40. The van der Waals surface area contributed by atoms with Crippen molar-refractivity contribution in [2.75, 3.05) is 13.2 Å². The minimum Gasteiger partial charge on any atom is -0.449 e. The number of amides is 1. The Morgan fingerprint density at radius 3 is 1.93 bits per heavy atom. The lowest BCUT2D eigenvalue weighted by Crippen LogP contribution is -2.34. The molecule has 0 rings (SSSR count). The van der Waals surface area contributed by atoms with Crippen molar-refractivity contribution < 1.29 is 9.53 Å². The van der Waals surface area contributed by atoms with Crippen molar-refractivity contribution in [2.45, 2.75) is 41.5 Å². The first-order chi connectivity index (χ1) is 6.10. The molecule has 1 N–H and O–H groups in total. The van der Waals surface area contributed by atoms with Crippen molar-refractivity contribution >= 4 is 6.09 Å². The monoisotopic (exact) mass is 201 g/mol. The topological polar surface area (TPSA) is 38.3 Å². The third kappa shape index (κ3) is 9.36. The minimum absolute atomic E-state index is 0.0269. The number of alkyl carbamates (subject to hydrolysis) is 1. The van der Waals surface area contributed by atoms with E-state index in [1.54, 1.807) is 0 Å². The lowest BCUT2D eigenvalue weighted by atomic mass is 9.97. The molecule has 0 saturated carbocycles. The zero-order chi connectivity index (χ0) is 11.4. The molecule has 0 heterocycles. The minimum atomic E-state index is -0.324. The van der Waals surface area contributed by atoms with Crippen LogP contribution in [0.5, 0.6) is 0 Å². The van der Waals surface area contributed by atoms with Gasteiger partial charge < -0.3 is 10.1 Å². The average Bonchev–Trinajstić information content (AvgIpc) is 1.94. The first kappa shape index (κ1) is 13.3. The van der Waals surface area contributed by atoms with Crippen LogP contribution in [0.2, 0.25) is 0 Å². The predicted molar refractivity (Wildman–Crippen MR) is 58.3 cm³/mol. The van der Waals surface area contributed by atoms with Crippen LogP contribution in [0.4, 0.5) is 4.79 Å². The molecule has 0 bridgehead atoms. The smallest absolute Gasteiger partial charge is 0.407 e. The molecule has 0 spiro atoms. The molecule has 14 heavy (non-hydrogen) atoms. The van der Waals surface area contributed by atoms with Gasteiger partial charge in [0.05, 0.1) is 6.61 Å². The zero-order valence-corrected chi connectivity index (χ0v) is 10.2. The van der Waals surface area contributed by atoms with Gasteiger partial charge in [0.2, 0.25) is 0 Å². The summed E-state index contributed by atoms with van der Waals surface area (Å²) in [6, 6.07) is 0. The van der Waals surface area contributed by atoms with Crippen LogP contribution in [0.25, 0.3) is 0 Å². The van der Waals surface area contributed by atoms with Crippen LogP contribution in [0.1, 0.15) is 41.5 Å². The number of carbonyl (C=O) groups is 1. The van der Waals surface area contributed by atoms with E-state index in [2.05, 4.69) is 26.1 Å². The molecule has 0 saturated heterocycles. The van der Waals surface area contributed by atoms with Gasteiger partial charge >= 0.3 is 6.09 Å².